The predicted octanol–water partition coefficient (Wildman–Crippen LogP) is 2.50. The topological polar surface area (TPSA) is 89.9 Å². The van der Waals surface area contributed by atoms with Crippen LogP contribution in [0.2, 0.25) is 0 Å². The monoisotopic (exact) mass is 347 g/mol. The molecule has 0 spiro atoms. The van der Waals surface area contributed by atoms with Crippen LogP contribution in [-0.4, -0.2) is 26.3 Å². The first-order valence-electron chi connectivity index (χ1n) is 5.45. The molecule has 1 atom stereocenters. The predicted molar refractivity (Wildman–Crippen MR) is 65.6 cm³/mol. The summed E-state index contributed by atoms with van der Waals surface area (Å²) in [5.74, 6) is -0.541. The lowest BCUT2D eigenvalue weighted by atomic mass is 10.2. The number of hydrogen-bond acceptors (Lipinski definition) is 5. The van der Waals surface area contributed by atoms with Gasteiger partial charge in [0, 0.05) is 0 Å². The van der Waals surface area contributed by atoms with E-state index in [0.29, 0.717) is 6.07 Å². The van der Waals surface area contributed by atoms with Crippen LogP contribution in [-0.2, 0) is 25.0 Å². The van der Waals surface area contributed by atoms with E-state index in [9.17, 15) is 26.2 Å². The Balaban J connectivity index is 3.46. The zero-order valence-corrected chi connectivity index (χ0v) is 12.3. The van der Waals surface area contributed by atoms with E-state index in [1.165, 1.54) is 6.92 Å². The molecule has 0 bridgehead atoms. The van der Waals surface area contributed by atoms with Crippen LogP contribution in [0.1, 0.15) is 12.5 Å². The van der Waals surface area contributed by atoms with E-state index in [1.807, 2.05) is 0 Å². The molecule has 0 aliphatic carbocycles. The highest BCUT2D eigenvalue weighted by molar-refractivity contribution is 7.87. The zero-order valence-electron chi connectivity index (χ0n) is 10.6. The minimum Gasteiger partial charge on any atom is -0.492 e. The minimum absolute atomic E-state index is 0.0713. The van der Waals surface area contributed by atoms with Gasteiger partial charge >= 0.3 is 24.3 Å². The minimum atomic E-state index is -4.96. The van der Waals surface area contributed by atoms with Gasteiger partial charge in [-0.25, -0.2) is 4.18 Å². The first-order chi connectivity index (χ1) is 9.59. The Bertz CT molecular complexity index is 628. The molecule has 0 aromatic heterocycles. The third-order valence-electron chi connectivity index (χ3n) is 2.15. The van der Waals surface area contributed by atoms with Crippen molar-refractivity contribution in [2.24, 2.45) is 0 Å². The van der Waals surface area contributed by atoms with Gasteiger partial charge in [0.25, 0.3) is 6.35 Å². The van der Waals surface area contributed by atoms with Crippen LogP contribution in [0.25, 0.3) is 0 Å². The third kappa shape index (κ3) is 4.63. The quantitative estimate of drug-likeness (QED) is 0.628. The molecule has 1 N–H and O–H groups in total. The normalized spacial score (nSPS) is 13.1. The summed E-state index contributed by atoms with van der Waals surface area (Å²) in [6.45, 7) is 1.39. The zero-order chi connectivity index (χ0) is 16.3. The van der Waals surface area contributed by atoms with Gasteiger partial charge in [-0.05, 0) is 23.6 Å². The highest BCUT2D eigenvalue weighted by Gasteiger charge is 2.40. The SMILES string of the molecule is CCOc1cccc(C(F)(F)F)c1S(=O)(=O)OC[P+](=O)O. The fraction of sp³-hybridized carbons (Fsp3) is 0.400. The summed E-state index contributed by atoms with van der Waals surface area (Å²) in [6, 6.07) is 2.57. The average molecular weight is 347 g/mol. The fourth-order valence-electron chi connectivity index (χ4n) is 1.44. The van der Waals surface area contributed by atoms with Crippen molar-refractivity contribution in [3.8, 4) is 5.75 Å². The van der Waals surface area contributed by atoms with E-state index < -0.39 is 46.9 Å². The molecule has 6 nitrogen and oxygen atoms in total. The van der Waals surface area contributed by atoms with Crippen molar-refractivity contribution in [1.82, 2.24) is 0 Å². The first-order valence-corrected chi connectivity index (χ1v) is 8.26. The van der Waals surface area contributed by atoms with Gasteiger partial charge < -0.3 is 4.74 Å². The second-order valence-corrected chi connectivity index (χ2v) is 6.13. The summed E-state index contributed by atoms with van der Waals surface area (Å²) in [5.41, 5.74) is -1.47. The summed E-state index contributed by atoms with van der Waals surface area (Å²) in [5, 5.41) is 0. The molecule has 0 amide bonds. The Morgan fingerprint density at radius 3 is 2.43 bits per heavy atom. The summed E-state index contributed by atoms with van der Waals surface area (Å²) < 4.78 is 82.0. The van der Waals surface area contributed by atoms with E-state index in [0.717, 1.165) is 12.1 Å². The molecule has 118 valence electrons. The number of hydrogen-bond donors (Lipinski definition) is 1. The van der Waals surface area contributed by atoms with Crippen molar-refractivity contribution >= 4 is 18.1 Å². The molecule has 0 saturated heterocycles. The van der Waals surface area contributed by atoms with Crippen LogP contribution in [0.3, 0.4) is 0 Å². The highest BCUT2D eigenvalue weighted by Crippen LogP contribution is 2.39. The van der Waals surface area contributed by atoms with Crippen LogP contribution in [0.5, 0.6) is 5.75 Å². The molecule has 0 aliphatic rings. The van der Waals surface area contributed by atoms with Crippen molar-refractivity contribution < 1.29 is 40.0 Å². The maximum Gasteiger partial charge on any atom is 0.535 e. The van der Waals surface area contributed by atoms with Gasteiger partial charge in [-0.3, -0.25) is 0 Å². The Kier molecular flexibility index (Phi) is 5.68. The molecule has 21 heavy (non-hydrogen) atoms. The van der Waals surface area contributed by atoms with Crippen LogP contribution >= 0.6 is 8.03 Å². The van der Waals surface area contributed by atoms with Gasteiger partial charge in [-0.15, -0.1) is 0 Å². The van der Waals surface area contributed by atoms with Gasteiger partial charge in [0.1, 0.15) is 10.6 Å². The maximum absolute atomic E-state index is 12.9. The molecule has 1 aromatic rings. The van der Waals surface area contributed by atoms with E-state index in [-0.39, 0.29) is 6.61 Å². The van der Waals surface area contributed by atoms with Gasteiger partial charge in [0.2, 0.25) is 0 Å². The Morgan fingerprint density at radius 2 is 1.95 bits per heavy atom. The fourth-order valence-corrected chi connectivity index (χ4v) is 3.30. The molecule has 0 aliphatic heterocycles. The van der Waals surface area contributed by atoms with Gasteiger partial charge in [-0.2, -0.15) is 26.5 Å². The van der Waals surface area contributed by atoms with Crippen molar-refractivity contribution in [2.45, 2.75) is 18.0 Å². The van der Waals surface area contributed by atoms with Gasteiger partial charge in [0.05, 0.1) is 12.2 Å². The molecule has 0 fully saturated rings. The highest BCUT2D eigenvalue weighted by atomic mass is 32.2. The van der Waals surface area contributed by atoms with Crippen LogP contribution in [0.15, 0.2) is 23.1 Å². The van der Waals surface area contributed by atoms with Crippen molar-refractivity contribution in [2.75, 3.05) is 13.0 Å². The number of rotatable bonds is 6. The maximum atomic E-state index is 12.9. The van der Waals surface area contributed by atoms with E-state index in [2.05, 4.69) is 4.18 Å². The Morgan fingerprint density at radius 1 is 1.33 bits per heavy atom. The summed E-state index contributed by atoms with van der Waals surface area (Å²) in [4.78, 5) is 7.32. The smallest absolute Gasteiger partial charge is 0.492 e. The lowest BCUT2D eigenvalue weighted by Gasteiger charge is -2.15. The average Bonchev–Trinajstić information content (AvgIpc) is 2.35. The van der Waals surface area contributed by atoms with Crippen LogP contribution < -0.4 is 4.74 Å². The molecule has 0 saturated carbocycles. The van der Waals surface area contributed by atoms with Crippen molar-refractivity contribution in [3.05, 3.63) is 23.8 Å². The Labute approximate surface area is 119 Å². The van der Waals surface area contributed by atoms with Crippen LogP contribution in [0.4, 0.5) is 13.2 Å². The number of benzene rings is 1. The molecule has 11 heteroatoms. The lowest BCUT2D eigenvalue weighted by molar-refractivity contribution is -0.140. The molecular formula is C10H11F3O6PS+. The Hall–Kier alpha value is -1.22. The second-order valence-electron chi connectivity index (χ2n) is 3.62. The van der Waals surface area contributed by atoms with Crippen LogP contribution in [0, 0.1) is 0 Å². The lowest BCUT2D eigenvalue weighted by Crippen LogP contribution is -2.17. The number of alkyl halides is 3. The summed E-state index contributed by atoms with van der Waals surface area (Å²) in [7, 11) is -7.89. The number of halogens is 3. The molecule has 0 radical (unpaired) electrons. The summed E-state index contributed by atoms with van der Waals surface area (Å²) >= 11 is 0. The van der Waals surface area contributed by atoms with E-state index in [1.54, 1.807) is 0 Å². The molecular weight excluding hydrogens is 336 g/mol. The summed E-state index contributed by atoms with van der Waals surface area (Å²) in [6.07, 6.45) is -6.10. The number of ether oxygens (including phenoxy) is 1. The van der Waals surface area contributed by atoms with E-state index >= 15 is 0 Å². The first kappa shape index (κ1) is 17.8. The largest absolute Gasteiger partial charge is 0.535 e. The molecule has 1 aromatic carbocycles. The molecule has 0 heterocycles. The molecule has 1 rings (SSSR count). The second kappa shape index (κ2) is 6.69. The standard InChI is InChI=1S/C10H10F3O6PS/c1-2-18-8-5-3-4-7(10(11,12)13)9(8)21(16,17)19-6-20(14)15/h3-5H,2,6H2,1H3/p+1. The van der Waals surface area contributed by atoms with Crippen molar-refractivity contribution in [3.63, 3.8) is 0 Å². The molecule has 1 unspecified atom stereocenters. The van der Waals surface area contributed by atoms with Crippen molar-refractivity contribution in [1.29, 1.82) is 0 Å². The van der Waals surface area contributed by atoms with Gasteiger partial charge in [-0.1, -0.05) is 6.07 Å². The van der Waals surface area contributed by atoms with E-state index in [4.69, 9.17) is 9.63 Å². The van der Waals surface area contributed by atoms with Gasteiger partial charge in [0.15, 0.2) is 0 Å². The third-order valence-corrected chi connectivity index (χ3v) is 4.03.